The highest BCUT2D eigenvalue weighted by Crippen LogP contribution is 2.30. The van der Waals surface area contributed by atoms with Crippen LogP contribution in [0.1, 0.15) is 53.5 Å². The number of carbonyl (C=O) groups excluding carboxylic acids is 2. The fourth-order valence-corrected chi connectivity index (χ4v) is 5.83. The molecule has 218 valence electrons. The first-order valence-corrected chi connectivity index (χ1v) is 14.4. The summed E-state index contributed by atoms with van der Waals surface area (Å²) >= 11 is 12.5. The van der Waals surface area contributed by atoms with E-state index >= 15 is 0 Å². The van der Waals surface area contributed by atoms with Crippen molar-refractivity contribution >= 4 is 46.7 Å². The molecule has 13 heteroatoms. The highest BCUT2D eigenvalue weighted by Gasteiger charge is 2.35. The summed E-state index contributed by atoms with van der Waals surface area (Å²) < 4.78 is 0. The van der Waals surface area contributed by atoms with Crippen molar-refractivity contribution < 1.29 is 19.8 Å². The van der Waals surface area contributed by atoms with Crippen molar-refractivity contribution in [2.75, 3.05) is 56.5 Å². The third-order valence-corrected chi connectivity index (χ3v) is 8.05. The van der Waals surface area contributed by atoms with Crippen molar-refractivity contribution in [3.05, 3.63) is 45.7 Å². The van der Waals surface area contributed by atoms with Crippen molar-refractivity contribution in [1.29, 1.82) is 0 Å². The molecule has 40 heavy (non-hydrogen) atoms. The zero-order valence-corrected chi connectivity index (χ0v) is 24.1. The van der Waals surface area contributed by atoms with E-state index in [1.54, 1.807) is 24.3 Å². The average molecular weight is 595 g/mol. The van der Waals surface area contributed by atoms with Crippen LogP contribution < -0.4 is 16.0 Å². The van der Waals surface area contributed by atoms with Crippen LogP contribution >= 0.6 is 23.2 Å². The normalized spacial score (nSPS) is 19.5. The Hall–Kier alpha value is -2.70. The van der Waals surface area contributed by atoms with E-state index in [0.717, 1.165) is 32.2 Å². The molecule has 2 aliphatic rings. The Balaban J connectivity index is 1.39. The van der Waals surface area contributed by atoms with Crippen LogP contribution in [0.4, 0.5) is 11.6 Å². The summed E-state index contributed by atoms with van der Waals surface area (Å²) in [6.45, 7) is 5.12. The maximum atomic E-state index is 12.9. The van der Waals surface area contributed by atoms with E-state index in [1.807, 2.05) is 4.90 Å². The lowest BCUT2D eigenvalue weighted by atomic mass is 9.97. The maximum absolute atomic E-state index is 12.9. The van der Waals surface area contributed by atoms with Crippen molar-refractivity contribution in [1.82, 2.24) is 25.1 Å². The summed E-state index contributed by atoms with van der Waals surface area (Å²) in [7, 11) is 0. The summed E-state index contributed by atoms with van der Waals surface area (Å²) in [5, 5.41) is 21.6. The number of nitrogens with zero attached hydrogens (tertiary/aromatic N) is 5. The van der Waals surface area contributed by atoms with Gasteiger partial charge in [0.2, 0.25) is 0 Å². The number of benzene rings is 1. The van der Waals surface area contributed by atoms with Gasteiger partial charge in [-0.2, -0.15) is 0 Å². The van der Waals surface area contributed by atoms with Crippen LogP contribution in [0.5, 0.6) is 0 Å². The number of hydrogen-bond acceptors (Lipinski definition) is 9. The van der Waals surface area contributed by atoms with Crippen molar-refractivity contribution in [3.8, 4) is 0 Å². The van der Waals surface area contributed by atoms with E-state index in [1.165, 1.54) is 0 Å². The number of piperidine rings is 1. The first kappa shape index (κ1) is 30.3. The molecule has 1 aromatic carbocycles. The van der Waals surface area contributed by atoms with Gasteiger partial charge < -0.3 is 31.1 Å². The number of rotatable bonds is 9. The molecular formula is C27H37Cl2N7O4. The lowest BCUT2D eigenvalue weighted by Gasteiger charge is -2.48. The van der Waals surface area contributed by atoms with Crippen molar-refractivity contribution in [3.63, 3.8) is 0 Å². The largest absolute Gasteiger partial charge is 0.394 e. The molecule has 2 atom stereocenters. The average Bonchev–Trinajstić information content (AvgIpc) is 2.97. The second kappa shape index (κ2) is 13.8. The Morgan fingerprint density at radius 2 is 1.82 bits per heavy atom. The van der Waals surface area contributed by atoms with Gasteiger partial charge in [-0.1, -0.05) is 36.5 Å². The Morgan fingerprint density at radius 3 is 2.48 bits per heavy atom. The van der Waals surface area contributed by atoms with Gasteiger partial charge in [0, 0.05) is 61.9 Å². The number of aliphatic hydroxyl groups excluding tert-OH is 2. The third kappa shape index (κ3) is 7.13. The van der Waals surface area contributed by atoms with Gasteiger partial charge in [0.1, 0.15) is 0 Å². The number of aliphatic hydroxyl groups is 2. The predicted octanol–water partition coefficient (Wildman–Crippen LogP) is 2.04. The SMILES string of the molecule is CCC[C@H]1CN(c2nc(N)c(C(=O)NC[C@H](O)CO)nc2Cl)CCN1C1CCN(C(=O)c2ccc(Cl)cc2)CC1. The van der Waals surface area contributed by atoms with Gasteiger partial charge in [-0.05, 0) is 43.5 Å². The highest BCUT2D eigenvalue weighted by molar-refractivity contribution is 6.32. The fraction of sp³-hybridized carbons (Fsp3) is 0.556. The lowest BCUT2D eigenvalue weighted by Crippen LogP contribution is -2.59. The van der Waals surface area contributed by atoms with Crippen LogP contribution in [0.15, 0.2) is 24.3 Å². The van der Waals surface area contributed by atoms with Crippen LogP contribution in [0, 0.1) is 0 Å². The molecule has 2 aromatic rings. The molecular weight excluding hydrogens is 557 g/mol. The smallest absolute Gasteiger partial charge is 0.273 e. The third-order valence-electron chi connectivity index (χ3n) is 7.55. The van der Waals surface area contributed by atoms with Crippen LogP contribution in [0.25, 0.3) is 0 Å². The molecule has 0 unspecified atom stereocenters. The summed E-state index contributed by atoms with van der Waals surface area (Å²) in [6.07, 6.45) is 2.73. The van der Waals surface area contributed by atoms with Gasteiger partial charge in [-0.3, -0.25) is 14.5 Å². The first-order chi connectivity index (χ1) is 19.2. The molecule has 0 aliphatic carbocycles. The molecule has 0 spiro atoms. The fourth-order valence-electron chi connectivity index (χ4n) is 5.45. The van der Waals surface area contributed by atoms with E-state index in [-0.39, 0.29) is 35.2 Å². The number of aromatic nitrogens is 2. The number of carbonyl (C=O) groups is 2. The minimum atomic E-state index is -1.09. The number of hydrogen-bond donors (Lipinski definition) is 4. The van der Waals surface area contributed by atoms with Gasteiger partial charge in [0.15, 0.2) is 22.5 Å². The van der Waals surface area contributed by atoms with E-state index in [9.17, 15) is 14.7 Å². The highest BCUT2D eigenvalue weighted by atomic mass is 35.5. The van der Waals surface area contributed by atoms with Gasteiger partial charge in [-0.15, -0.1) is 0 Å². The number of nitrogen functional groups attached to an aromatic ring is 1. The molecule has 2 fully saturated rings. The monoisotopic (exact) mass is 593 g/mol. The molecule has 4 rings (SSSR count). The number of amides is 2. The molecule has 11 nitrogen and oxygen atoms in total. The summed E-state index contributed by atoms with van der Waals surface area (Å²) in [4.78, 5) is 40.6. The molecule has 5 N–H and O–H groups in total. The first-order valence-electron chi connectivity index (χ1n) is 13.7. The van der Waals surface area contributed by atoms with E-state index < -0.39 is 18.6 Å². The lowest BCUT2D eigenvalue weighted by molar-refractivity contribution is 0.0481. The second-order valence-electron chi connectivity index (χ2n) is 10.3. The van der Waals surface area contributed by atoms with Crippen LogP contribution in [-0.4, -0.2) is 106 Å². The minimum absolute atomic E-state index is 0.0394. The summed E-state index contributed by atoms with van der Waals surface area (Å²) in [5.41, 5.74) is 6.61. The zero-order chi connectivity index (χ0) is 28.8. The number of halogens is 2. The molecule has 2 amide bonds. The number of anilines is 2. The second-order valence-corrected chi connectivity index (χ2v) is 11.1. The summed E-state index contributed by atoms with van der Waals surface area (Å²) in [6, 6.07) is 7.67. The molecule has 0 radical (unpaired) electrons. The zero-order valence-electron chi connectivity index (χ0n) is 22.6. The van der Waals surface area contributed by atoms with E-state index in [4.69, 9.17) is 34.0 Å². The Bertz CT molecular complexity index is 1180. The van der Waals surface area contributed by atoms with Crippen LogP contribution in [0.2, 0.25) is 10.2 Å². The van der Waals surface area contributed by atoms with Crippen LogP contribution in [-0.2, 0) is 0 Å². The Labute approximate surface area is 244 Å². The quantitative estimate of drug-likeness (QED) is 0.342. The molecule has 3 heterocycles. The van der Waals surface area contributed by atoms with Gasteiger partial charge >= 0.3 is 0 Å². The van der Waals surface area contributed by atoms with E-state index in [2.05, 4.69) is 32.0 Å². The van der Waals surface area contributed by atoms with Gasteiger partial charge in [0.25, 0.3) is 11.8 Å². The molecule has 0 saturated carbocycles. The Morgan fingerprint density at radius 1 is 1.12 bits per heavy atom. The van der Waals surface area contributed by atoms with Crippen LogP contribution in [0.3, 0.4) is 0 Å². The number of piperazine rings is 1. The topological polar surface area (TPSA) is 148 Å². The van der Waals surface area contributed by atoms with Crippen molar-refractivity contribution in [2.45, 2.75) is 50.8 Å². The van der Waals surface area contributed by atoms with Gasteiger partial charge in [-0.25, -0.2) is 9.97 Å². The number of likely N-dealkylation sites (tertiary alicyclic amines) is 1. The predicted molar refractivity (Wildman–Crippen MR) is 155 cm³/mol. The Kier molecular flexibility index (Phi) is 10.4. The van der Waals surface area contributed by atoms with E-state index in [0.29, 0.717) is 48.6 Å². The molecule has 1 aromatic heterocycles. The summed E-state index contributed by atoms with van der Waals surface area (Å²) in [5.74, 6) is -0.198. The molecule has 2 saturated heterocycles. The minimum Gasteiger partial charge on any atom is -0.394 e. The van der Waals surface area contributed by atoms with Gasteiger partial charge in [0.05, 0.1) is 12.7 Å². The molecule has 0 bridgehead atoms. The standard InChI is InChI=1S/C27H37Cl2N7O4/c1-2-3-20-15-35(25-23(29)32-22(24(30)33-25)26(39)31-14-21(38)16-37)12-13-36(20)19-8-10-34(11-9-19)27(40)17-4-6-18(28)7-5-17/h4-7,19-21,37-38H,2-3,8-16H2,1H3,(H2,30,33)(H,31,39)/t20-,21-/m0/s1. The maximum Gasteiger partial charge on any atom is 0.273 e. The molecule has 2 aliphatic heterocycles. The van der Waals surface area contributed by atoms with Crippen molar-refractivity contribution in [2.24, 2.45) is 0 Å². The number of nitrogens with two attached hydrogens (primary N) is 1. The number of nitrogens with one attached hydrogen (secondary N) is 1.